The van der Waals surface area contributed by atoms with Crippen molar-refractivity contribution in [2.45, 2.75) is 0 Å². The van der Waals surface area contributed by atoms with Crippen molar-refractivity contribution in [3.8, 4) is 11.5 Å². The van der Waals surface area contributed by atoms with Crippen LogP contribution in [-0.4, -0.2) is 61.6 Å². The summed E-state index contributed by atoms with van der Waals surface area (Å²) in [5.74, 6) is 1.81. The van der Waals surface area contributed by atoms with Gasteiger partial charge >= 0.3 is 0 Å². The molecule has 2 amide bonds. The molecule has 0 atom stereocenters. The predicted molar refractivity (Wildman–Crippen MR) is 126 cm³/mol. The SMILES string of the molecule is COc1cccc(NC(=O)COc2ccc(C(=O)N3CCN(c4ccccn4)CC3)cc2)c1. The lowest BCUT2D eigenvalue weighted by atomic mass is 10.1. The highest BCUT2D eigenvalue weighted by atomic mass is 16.5. The van der Waals surface area contributed by atoms with Gasteiger partial charge < -0.3 is 24.6 Å². The normalized spacial score (nSPS) is 13.4. The molecule has 0 radical (unpaired) electrons. The standard InChI is InChI=1S/C25H26N4O4/c1-32-22-6-4-5-20(17-22)27-24(30)18-33-21-10-8-19(9-11-21)25(31)29-15-13-28(14-16-29)23-7-2-3-12-26-23/h2-12,17H,13-16,18H2,1H3,(H,27,30). The minimum Gasteiger partial charge on any atom is -0.497 e. The van der Waals surface area contributed by atoms with Crippen LogP contribution in [0.15, 0.2) is 72.9 Å². The van der Waals surface area contributed by atoms with Gasteiger partial charge in [-0.05, 0) is 48.5 Å². The summed E-state index contributed by atoms with van der Waals surface area (Å²) in [6.07, 6.45) is 1.78. The van der Waals surface area contributed by atoms with Crippen LogP contribution in [0.5, 0.6) is 11.5 Å². The predicted octanol–water partition coefficient (Wildman–Crippen LogP) is 3.07. The Hall–Kier alpha value is -4.07. The van der Waals surface area contributed by atoms with Gasteiger partial charge in [0.15, 0.2) is 6.61 Å². The van der Waals surface area contributed by atoms with Gasteiger partial charge in [-0.15, -0.1) is 0 Å². The summed E-state index contributed by atoms with van der Waals surface area (Å²) >= 11 is 0. The molecule has 1 fully saturated rings. The molecule has 170 valence electrons. The van der Waals surface area contributed by atoms with E-state index in [2.05, 4.69) is 15.2 Å². The van der Waals surface area contributed by atoms with Gasteiger partial charge in [-0.2, -0.15) is 0 Å². The van der Waals surface area contributed by atoms with Gasteiger partial charge in [-0.1, -0.05) is 12.1 Å². The Bertz CT molecular complexity index is 1080. The Labute approximate surface area is 192 Å². The molecular formula is C25H26N4O4. The third kappa shape index (κ3) is 5.79. The molecule has 0 bridgehead atoms. The highest BCUT2D eigenvalue weighted by Crippen LogP contribution is 2.18. The zero-order chi connectivity index (χ0) is 23.0. The van der Waals surface area contributed by atoms with Crippen LogP contribution in [0, 0.1) is 0 Å². The molecule has 8 nitrogen and oxygen atoms in total. The lowest BCUT2D eigenvalue weighted by Crippen LogP contribution is -2.49. The number of anilines is 2. The average molecular weight is 447 g/mol. The van der Waals surface area contributed by atoms with Gasteiger partial charge in [0.1, 0.15) is 17.3 Å². The first-order chi connectivity index (χ1) is 16.1. The van der Waals surface area contributed by atoms with Crippen LogP contribution in [0.3, 0.4) is 0 Å². The Kier molecular flexibility index (Phi) is 7.04. The van der Waals surface area contributed by atoms with Crippen molar-refractivity contribution in [1.29, 1.82) is 0 Å². The Morgan fingerprint density at radius 2 is 1.73 bits per heavy atom. The summed E-state index contributed by atoms with van der Waals surface area (Å²) in [6.45, 7) is 2.62. The zero-order valence-electron chi connectivity index (χ0n) is 18.4. The lowest BCUT2D eigenvalue weighted by Gasteiger charge is -2.35. The number of pyridine rings is 1. The van der Waals surface area contributed by atoms with E-state index in [1.807, 2.05) is 23.1 Å². The molecule has 2 heterocycles. The third-order valence-electron chi connectivity index (χ3n) is 5.36. The number of hydrogen-bond donors (Lipinski definition) is 1. The van der Waals surface area contributed by atoms with Crippen molar-refractivity contribution in [1.82, 2.24) is 9.88 Å². The highest BCUT2D eigenvalue weighted by molar-refractivity contribution is 5.94. The number of ether oxygens (including phenoxy) is 2. The van der Waals surface area contributed by atoms with Gasteiger partial charge in [0.25, 0.3) is 11.8 Å². The van der Waals surface area contributed by atoms with E-state index in [0.717, 1.165) is 18.9 Å². The maximum Gasteiger partial charge on any atom is 0.262 e. The molecule has 1 aliphatic rings. The first-order valence-electron chi connectivity index (χ1n) is 10.7. The van der Waals surface area contributed by atoms with Crippen LogP contribution >= 0.6 is 0 Å². The molecule has 0 aliphatic carbocycles. The Morgan fingerprint density at radius 3 is 2.42 bits per heavy atom. The first-order valence-corrected chi connectivity index (χ1v) is 10.7. The quantitative estimate of drug-likeness (QED) is 0.601. The van der Waals surface area contributed by atoms with Crippen LogP contribution in [-0.2, 0) is 4.79 Å². The Balaban J connectivity index is 1.25. The molecule has 0 saturated carbocycles. The molecule has 1 saturated heterocycles. The molecule has 8 heteroatoms. The second-order valence-electron chi connectivity index (χ2n) is 7.56. The molecule has 4 rings (SSSR count). The number of benzene rings is 2. The number of aromatic nitrogens is 1. The fraction of sp³-hybridized carbons (Fsp3) is 0.240. The van der Waals surface area contributed by atoms with Crippen molar-refractivity contribution in [3.63, 3.8) is 0 Å². The van der Waals surface area contributed by atoms with E-state index in [-0.39, 0.29) is 18.4 Å². The van der Waals surface area contributed by atoms with E-state index in [0.29, 0.717) is 35.8 Å². The van der Waals surface area contributed by atoms with Crippen LogP contribution in [0.1, 0.15) is 10.4 Å². The second kappa shape index (κ2) is 10.5. The number of carbonyl (C=O) groups excluding carboxylic acids is 2. The number of nitrogens with zero attached hydrogens (tertiary/aromatic N) is 3. The van der Waals surface area contributed by atoms with Crippen molar-refractivity contribution in [3.05, 3.63) is 78.5 Å². The van der Waals surface area contributed by atoms with E-state index in [1.165, 1.54) is 0 Å². The summed E-state index contributed by atoms with van der Waals surface area (Å²) in [6, 6.07) is 19.8. The minimum atomic E-state index is -0.283. The minimum absolute atomic E-state index is 0.0158. The number of amides is 2. The van der Waals surface area contributed by atoms with Crippen molar-refractivity contribution in [2.75, 3.05) is 50.1 Å². The average Bonchev–Trinajstić information content (AvgIpc) is 2.88. The Morgan fingerprint density at radius 1 is 0.939 bits per heavy atom. The van der Waals surface area contributed by atoms with E-state index >= 15 is 0 Å². The molecular weight excluding hydrogens is 420 g/mol. The maximum absolute atomic E-state index is 12.9. The zero-order valence-corrected chi connectivity index (χ0v) is 18.4. The maximum atomic E-state index is 12.9. The largest absolute Gasteiger partial charge is 0.497 e. The van der Waals surface area contributed by atoms with E-state index < -0.39 is 0 Å². The van der Waals surface area contributed by atoms with Crippen LogP contribution in [0.4, 0.5) is 11.5 Å². The third-order valence-corrected chi connectivity index (χ3v) is 5.36. The fourth-order valence-electron chi connectivity index (χ4n) is 3.60. The van der Waals surface area contributed by atoms with Crippen molar-refractivity contribution in [2.24, 2.45) is 0 Å². The topological polar surface area (TPSA) is 84.0 Å². The lowest BCUT2D eigenvalue weighted by molar-refractivity contribution is -0.118. The summed E-state index contributed by atoms with van der Waals surface area (Å²) in [5, 5.41) is 2.76. The molecule has 33 heavy (non-hydrogen) atoms. The number of carbonyl (C=O) groups is 2. The van der Waals surface area contributed by atoms with Crippen molar-refractivity contribution >= 4 is 23.3 Å². The number of rotatable bonds is 7. The summed E-state index contributed by atoms with van der Waals surface area (Å²) in [7, 11) is 1.57. The summed E-state index contributed by atoms with van der Waals surface area (Å²) < 4.78 is 10.7. The van der Waals surface area contributed by atoms with Gasteiger partial charge in [0.05, 0.1) is 7.11 Å². The van der Waals surface area contributed by atoms with Crippen molar-refractivity contribution < 1.29 is 19.1 Å². The molecule has 1 aromatic heterocycles. The van der Waals surface area contributed by atoms with Gasteiger partial charge in [0.2, 0.25) is 0 Å². The van der Waals surface area contributed by atoms with E-state index in [4.69, 9.17) is 9.47 Å². The molecule has 2 aromatic carbocycles. The van der Waals surface area contributed by atoms with Crippen LogP contribution in [0.25, 0.3) is 0 Å². The van der Waals surface area contributed by atoms with Crippen LogP contribution in [0.2, 0.25) is 0 Å². The number of methoxy groups -OCH3 is 1. The highest BCUT2D eigenvalue weighted by Gasteiger charge is 2.22. The molecule has 0 unspecified atom stereocenters. The first kappa shape index (κ1) is 22.1. The number of piperazine rings is 1. The summed E-state index contributed by atoms with van der Waals surface area (Å²) in [5.41, 5.74) is 1.22. The van der Waals surface area contributed by atoms with Crippen LogP contribution < -0.4 is 19.7 Å². The summed E-state index contributed by atoms with van der Waals surface area (Å²) in [4.78, 5) is 33.4. The monoisotopic (exact) mass is 446 g/mol. The number of hydrogen-bond acceptors (Lipinski definition) is 6. The molecule has 1 aliphatic heterocycles. The molecule has 1 N–H and O–H groups in total. The van der Waals surface area contributed by atoms with E-state index in [9.17, 15) is 9.59 Å². The molecule has 3 aromatic rings. The van der Waals surface area contributed by atoms with Gasteiger partial charge in [-0.3, -0.25) is 9.59 Å². The second-order valence-corrected chi connectivity index (χ2v) is 7.56. The molecule has 0 spiro atoms. The van der Waals surface area contributed by atoms with Gasteiger partial charge in [-0.25, -0.2) is 4.98 Å². The number of nitrogens with one attached hydrogen (secondary N) is 1. The van der Waals surface area contributed by atoms with Gasteiger partial charge in [0, 0.05) is 49.7 Å². The van der Waals surface area contributed by atoms with E-state index in [1.54, 1.807) is 61.8 Å². The fourth-order valence-corrected chi connectivity index (χ4v) is 3.60. The smallest absolute Gasteiger partial charge is 0.262 e.